The van der Waals surface area contributed by atoms with Crippen LogP contribution in [0.1, 0.15) is 0 Å². The van der Waals surface area contributed by atoms with Crippen LogP contribution in [0.4, 0.5) is 0 Å². The van der Waals surface area contributed by atoms with Crippen LogP contribution in [-0.4, -0.2) is 9.97 Å². The van der Waals surface area contributed by atoms with Crippen LogP contribution in [0.25, 0.3) is 111 Å². The first-order valence-corrected chi connectivity index (χ1v) is 19.8. The van der Waals surface area contributed by atoms with E-state index >= 15 is 0 Å². The monoisotopic (exact) mass is 736 g/mol. The van der Waals surface area contributed by atoms with Crippen LogP contribution in [0.5, 0.6) is 0 Å². The maximum atomic E-state index is 5.14. The standard InChI is InChI=1S/C56H36N2/c1-3-14-37(15-4-1)45-20-9-12-23-49(45)54-36-53(57-56(58-54)42-16-5-2-6-17-42)41-32-30-39(31-33-41)44-19-8-7-18-43(44)38-26-28-40(29-27-38)46-34-35-52-48-22-11-10-21-47(48)51-25-13-24-50(46)55(51)52/h1-36H. The molecule has 1 aliphatic carbocycles. The summed E-state index contributed by atoms with van der Waals surface area (Å²) in [5, 5.41) is 2.65. The van der Waals surface area contributed by atoms with E-state index in [1.807, 2.05) is 18.2 Å². The smallest absolute Gasteiger partial charge is 0.160 e. The number of nitrogens with zero attached hydrogens (tertiary/aromatic N) is 2. The minimum atomic E-state index is 0.705. The molecule has 0 saturated carbocycles. The number of fused-ring (bicyclic) bond motifs is 3. The predicted molar refractivity (Wildman–Crippen MR) is 242 cm³/mol. The first-order valence-electron chi connectivity index (χ1n) is 19.8. The van der Waals surface area contributed by atoms with Crippen molar-refractivity contribution in [2.45, 2.75) is 0 Å². The zero-order valence-corrected chi connectivity index (χ0v) is 31.7. The zero-order chi connectivity index (χ0) is 38.4. The van der Waals surface area contributed by atoms with E-state index in [2.05, 4.69) is 200 Å². The molecule has 1 aliphatic rings. The number of hydrogen-bond donors (Lipinski definition) is 0. The lowest BCUT2D eigenvalue weighted by Crippen LogP contribution is -1.97. The van der Waals surface area contributed by atoms with Crippen molar-refractivity contribution in [2.24, 2.45) is 0 Å². The van der Waals surface area contributed by atoms with E-state index in [1.54, 1.807) is 0 Å². The van der Waals surface area contributed by atoms with Crippen molar-refractivity contribution in [3.05, 3.63) is 218 Å². The Hall–Kier alpha value is -7.68. The molecule has 0 saturated heterocycles. The fraction of sp³-hybridized carbons (Fsp3) is 0. The maximum absolute atomic E-state index is 5.14. The average molecular weight is 737 g/mol. The van der Waals surface area contributed by atoms with Gasteiger partial charge in [0.15, 0.2) is 5.82 Å². The van der Waals surface area contributed by atoms with Crippen LogP contribution in [0.2, 0.25) is 0 Å². The van der Waals surface area contributed by atoms with Crippen molar-refractivity contribution in [2.75, 3.05) is 0 Å². The largest absolute Gasteiger partial charge is 0.228 e. The first kappa shape index (κ1) is 33.6. The number of aromatic nitrogens is 2. The van der Waals surface area contributed by atoms with E-state index in [4.69, 9.17) is 9.97 Å². The lowest BCUT2D eigenvalue weighted by Gasteiger charge is -2.14. The van der Waals surface area contributed by atoms with Crippen LogP contribution in [-0.2, 0) is 0 Å². The second kappa shape index (κ2) is 14.1. The van der Waals surface area contributed by atoms with Gasteiger partial charge in [-0.1, -0.05) is 212 Å². The molecular weight excluding hydrogens is 701 g/mol. The summed E-state index contributed by atoms with van der Waals surface area (Å²) < 4.78 is 0. The third kappa shape index (κ3) is 5.82. The van der Waals surface area contributed by atoms with Crippen molar-refractivity contribution in [1.82, 2.24) is 9.97 Å². The van der Waals surface area contributed by atoms with Crippen molar-refractivity contribution >= 4 is 10.8 Å². The summed E-state index contributed by atoms with van der Waals surface area (Å²) in [5.41, 5.74) is 19.7. The van der Waals surface area contributed by atoms with Gasteiger partial charge in [-0.3, -0.25) is 0 Å². The van der Waals surface area contributed by atoms with E-state index in [-0.39, 0.29) is 0 Å². The molecule has 0 spiro atoms. The van der Waals surface area contributed by atoms with Gasteiger partial charge < -0.3 is 0 Å². The Bertz CT molecular complexity index is 3100. The predicted octanol–water partition coefficient (Wildman–Crippen LogP) is 14.9. The molecule has 0 aliphatic heterocycles. The average Bonchev–Trinajstić information content (AvgIpc) is 3.64. The SMILES string of the molecule is c1ccc(-c2nc(-c3ccc(-c4ccccc4-c4ccc(-c5ccc6c7c(cccc57)-c5ccccc5-6)cc4)cc3)cc(-c3ccccc3-c3ccccc3)n2)cc1. The molecule has 11 rings (SSSR count). The van der Waals surface area contributed by atoms with E-state index in [0.717, 1.165) is 44.8 Å². The van der Waals surface area contributed by atoms with E-state index in [0.29, 0.717) is 5.82 Å². The molecule has 0 unspecified atom stereocenters. The van der Waals surface area contributed by atoms with Crippen LogP contribution >= 0.6 is 0 Å². The van der Waals surface area contributed by atoms with E-state index < -0.39 is 0 Å². The molecule has 1 aromatic heterocycles. The van der Waals surface area contributed by atoms with Gasteiger partial charge in [-0.15, -0.1) is 0 Å². The second-order valence-electron chi connectivity index (χ2n) is 14.9. The molecule has 0 atom stereocenters. The van der Waals surface area contributed by atoms with E-state index in [1.165, 1.54) is 60.8 Å². The second-order valence-corrected chi connectivity index (χ2v) is 14.9. The van der Waals surface area contributed by atoms with Crippen LogP contribution in [0.3, 0.4) is 0 Å². The highest BCUT2D eigenvalue weighted by molar-refractivity contribution is 6.18. The summed E-state index contributed by atoms with van der Waals surface area (Å²) in [7, 11) is 0. The Morgan fingerprint density at radius 1 is 0.224 bits per heavy atom. The Labute approximate surface area is 338 Å². The molecule has 0 bridgehead atoms. The number of hydrogen-bond acceptors (Lipinski definition) is 2. The zero-order valence-electron chi connectivity index (χ0n) is 31.7. The molecule has 1 heterocycles. The normalized spacial score (nSPS) is 11.4. The quantitative estimate of drug-likeness (QED) is 0.163. The molecular formula is C56H36N2. The fourth-order valence-corrected chi connectivity index (χ4v) is 8.72. The molecule has 10 aromatic rings. The molecule has 2 heteroatoms. The molecule has 2 nitrogen and oxygen atoms in total. The molecule has 58 heavy (non-hydrogen) atoms. The third-order valence-corrected chi connectivity index (χ3v) is 11.5. The van der Waals surface area contributed by atoms with Gasteiger partial charge in [-0.25, -0.2) is 9.97 Å². The van der Waals surface area contributed by atoms with Gasteiger partial charge in [0.2, 0.25) is 0 Å². The van der Waals surface area contributed by atoms with Crippen LogP contribution in [0, 0.1) is 0 Å². The van der Waals surface area contributed by atoms with Gasteiger partial charge >= 0.3 is 0 Å². The topological polar surface area (TPSA) is 25.8 Å². The summed E-state index contributed by atoms with van der Waals surface area (Å²) in [6.45, 7) is 0. The minimum Gasteiger partial charge on any atom is -0.228 e. The van der Waals surface area contributed by atoms with Gasteiger partial charge in [0, 0.05) is 16.7 Å². The van der Waals surface area contributed by atoms with E-state index in [9.17, 15) is 0 Å². The summed E-state index contributed by atoms with van der Waals surface area (Å²) in [4.78, 5) is 10.3. The van der Waals surface area contributed by atoms with Gasteiger partial charge in [-0.05, 0) is 83.6 Å². The summed E-state index contributed by atoms with van der Waals surface area (Å²) in [5.74, 6) is 0.705. The van der Waals surface area contributed by atoms with Crippen LogP contribution in [0.15, 0.2) is 218 Å². The number of rotatable bonds is 7. The molecule has 0 amide bonds. The molecule has 0 radical (unpaired) electrons. The van der Waals surface area contributed by atoms with Crippen LogP contribution < -0.4 is 0 Å². The Kier molecular flexibility index (Phi) is 8.19. The summed E-state index contributed by atoms with van der Waals surface area (Å²) >= 11 is 0. The molecule has 0 N–H and O–H groups in total. The van der Waals surface area contributed by atoms with Gasteiger partial charge in [0.05, 0.1) is 11.4 Å². The lowest BCUT2D eigenvalue weighted by atomic mass is 9.91. The highest BCUT2D eigenvalue weighted by Gasteiger charge is 2.22. The highest BCUT2D eigenvalue weighted by atomic mass is 14.9. The van der Waals surface area contributed by atoms with Gasteiger partial charge in [0.25, 0.3) is 0 Å². The third-order valence-electron chi connectivity index (χ3n) is 11.5. The molecule has 9 aromatic carbocycles. The first-order chi connectivity index (χ1) is 28.8. The van der Waals surface area contributed by atoms with Gasteiger partial charge in [0.1, 0.15) is 0 Å². The van der Waals surface area contributed by atoms with Crippen molar-refractivity contribution in [3.8, 4) is 101 Å². The lowest BCUT2D eigenvalue weighted by molar-refractivity contribution is 1.18. The Morgan fingerprint density at radius 3 is 1.22 bits per heavy atom. The van der Waals surface area contributed by atoms with Crippen molar-refractivity contribution < 1.29 is 0 Å². The highest BCUT2D eigenvalue weighted by Crippen LogP contribution is 2.49. The molecule has 0 fully saturated rings. The van der Waals surface area contributed by atoms with Crippen molar-refractivity contribution in [1.29, 1.82) is 0 Å². The fourth-order valence-electron chi connectivity index (χ4n) is 8.72. The molecule has 270 valence electrons. The summed E-state index contributed by atoms with van der Waals surface area (Å²) in [6.07, 6.45) is 0. The van der Waals surface area contributed by atoms with Crippen molar-refractivity contribution in [3.63, 3.8) is 0 Å². The maximum Gasteiger partial charge on any atom is 0.160 e. The number of benzene rings is 9. The Balaban J connectivity index is 0.940. The minimum absolute atomic E-state index is 0.705. The summed E-state index contributed by atoms with van der Waals surface area (Å²) in [6, 6.07) is 78.0. The Morgan fingerprint density at radius 2 is 0.621 bits per heavy atom. The van der Waals surface area contributed by atoms with Gasteiger partial charge in [-0.2, -0.15) is 0 Å².